The van der Waals surface area contributed by atoms with Crippen molar-refractivity contribution in [3.8, 4) is 6.07 Å². The van der Waals surface area contributed by atoms with E-state index in [0.717, 1.165) is 5.56 Å². The molecule has 6 heteroatoms. The van der Waals surface area contributed by atoms with Gasteiger partial charge < -0.3 is 4.74 Å². The molecule has 1 aliphatic heterocycles. The first-order chi connectivity index (χ1) is 11.1. The third-order valence-electron chi connectivity index (χ3n) is 3.13. The predicted molar refractivity (Wildman–Crippen MR) is 88.2 cm³/mol. The van der Waals surface area contributed by atoms with Gasteiger partial charge in [0.15, 0.2) is 5.70 Å². The normalized spacial score (nSPS) is 15.3. The minimum absolute atomic E-state index is 0.136. The SMILES string of the molecule is N#Cc1ccc(C=C2N=C(c3ccc(Cl)cc3Cl)OC2=O)cc1. The Morgan fingerprint density at radius 1 is 1.13 bits per heavy atom. The van der Waals surface area contributed by atoms with Crippen LogP contribution in [0.1, 0.15) is 16.7 Å². The zero-order chi connectivity index (χ0) is 16.4. The summed E-state index contributed by atoms with van der Waals surface area (Å²) in [6, 6.07) is 13.6. The molecule has 0 bridgehead atoms. The highest BCUT2D eigenvalue weighted by Crippen LogP contribution is 2.26. The standard InChI is InChI=1S/C17H8Cl2N2O2/c18-12-5-6-13(14(19)8-12)16-21-15(17(22)23-16)7-10-1-3-11(9-20)4-2-10/h1-8H. The molecular weight excluding hydrogens is 335 g/mol. The van der Waals surface area contributed by atoms with Gasteiger partial charge in [0.1, 0.15) is 0 Å². The minimum atomic E-state index is -0.560. The first-order valence-electron chi connectivity index (χ1n) is 6.55. The highest BCUT2D eigenvalue weighted by Gasteiger charge is 2.25. The number of nitrogens with zero attached hydrogens (tertiary/aromatic N) is 2. The molecule has 2 aromatic rings. The van der Waals surface area contributed by atoms with Gasteiger partial charge in [-0.05, 0) is 42.0 Å². The Morgan fingerprint density at radius 2 is 1.87 bits per heavy atom. The molecule has 0 saturated carbocycles. The Labute approximate surface area is 142 Å². The maximum atomic E-state index is 11.9. The van der Waals surface area contributed by atoms with E-state index >= 15 is 0 Å². The topological polar surface area (TPSA) is 62.4 Å². The van der Waals surface area contributed by atoms with Gasteiger partial charge in [-0.3, -0.25) is 0 Å². The lowest BCUT2D eigenvalue weighted by Gasteiger charge is -2.02. The summed E-state index contributed by atoms with van der Waals surface area (Å²) in [5.41, 5.74) is 1.94. The molecule has 0 fully saturated rings. The van der Waals surface area contributed by atoms with Crippen molar-refractivity contribution in [2.24, 2.45) is 4.99 Å². The molecule has 0 saturated heterocycles. The molecule has 1 aliphatic rings. The Hall–Kier alpha value is -2.61. The fourth-order valence-corrected chi connectivity index (χ4v) is 2.49. The van der Waals surface area contributed by atoms with Gasteiger partial charge >= 0.3 is 5.97 Å². The predicted octanol–water partition coefficient (Wildman–Crippen LogP) is 4.21. The molecule has 4 nitrogen and oxygen atoms in total. The number of cyclic esters (lactones) is 1. The highest BCUT2D eigenvalue weighted by molar-refractivity contribution is 6.37. The monoisotopic (exact) mass is 342 g/mol. The molecule has 0 atom stereocenters. The Morgan fingerprint density at radius 3 is 2.52 bits per heavy atom. The van der Waals surface area contributed by atoms with E-state index in [1.807, 2.05) is 6.07 Å². The first-order valence-corrected chi connectivity index (χ1v) is 7.30. The van der Waals surface area contributed by atoms with E-state index in [1.165, 1.54) is 0 Å². The van der Waals surface area contributed by atoms with E-state index in [0.29, 0.717) is 21.2 Å². The number of hydrogen-bond donors (Lipinski definition) is 0. The molecule has 2 aromatic carbocycles. The van der Waals surface area contributed by atoms with Gasteiger partial charge in [-0.1, -0.05) is 35.3 Å². The van der Waals surface area contributed by atoms with Gasteiger partial charge in [0, 0.05) is 5.02 Å². The fraction of sp³-hybridized carbons (Fsp3) is 0. The number of benzene rings is 2. The van der Waals surface area contributed by atoms with E-state index in [-0.39, 0.29) is 11.6 Å². The van der Waals surface area contributed by atoms with Crippen molar-refractivity contribution in [2.45, 2.75) is 0 Å². The van der Waals surface area contributed by atoms with Gasteiger partial charge in [0.2, 0.25) is 5.90 Å². The van der Waals surface area contributed by atoms with Gasteiger partial charge in [-0.25, -0.2) is 9.79 Å². The van der Waals surface area contributed by atoms with Gasteiger partial charge in [-0.15, -0.1) is 0 Å². The molecule has 3 rings (SSSR count). The van der Waals surface area contributed by atoms with E-state index in [9.17, 15) is 4.79 Å². The lowest BCUT2D eigenvalue weighted by molar-refractivity contribution is -0.129. The Bertz CT molecular complexity index is 894. The van der Waals surface area contributed by atoms with E-state index in [1.54, 1.807) is 48.5 Å². The van der Waals surface area contributed by atoms with Crippen LogP contribution in [0.5, 0.6) is 0 Å². The summed E-state index contributed by atoms with van der Waals surface area (Å²) in [5, 5.41) is 9.61. The number of hydrogen-bond acceptors (Lipinski definition) is 4. The lowest BCUT2D eigenvalue weighted by Crippen LogP contribution is -2.05. The molecule has 112 valence electrons. The number of aliphatic imine (C=N–C) groups is 1. The van der Waals surface area contributed by atoms with Crippen molar-refractivity contribution in [1.82, 2.24) is 0 Å². The smallest absolute Gasteiger partial charge is 0.363 e. The van der Waals surface area contributed by atoms with Crippen molar-refractivity contribution in [2.75, 3.05) is 0 Å². The quantitative estimate of drug-likeness (QED) is 0.606. The fourth-order valence-electron chi connectivity index (χ4n) is 2.00. The number of ether oxygens (including phenoxy) is 1. The van der Waals surface area contributed by atoms with Crippen LogP contribution in [0.15, 0.2) is 53.2 Å². The lowest BCUT2D eigenvalue weighted by atomic mass is 10.1. The van der Waals surface area contributed by atoms with Crippen LogP contribution in [0.2, 0.25) is 10.0 Å². The van der Waals surface area contributed by atoms with Crippen molar-refractivity contribution in [3.63, 3.8) is 0 Å². The van der Waals surface area contributed by atoms with E-state index in [2.05, 4.69) is 4.99 Å². The average Bonchev–Trinajstić information content (AvgIpc) is 2.88. The van der Waals surface area contributed by atoms with Crippen LogP contribution < -0.4 is 0 Å². The minimum Gasteiger partial charge on any atom is -0.402 e. The number of nitriles is 1. The summed E-state index contributed by atoms with van der Waals surface area (Å²) in [6.07, 6.45) is 1.58. The van der Waals surface area contributed by atoms with Crippen molar-refractivity contribution < 1.29 is 9.53 Å². The van der Waals surface area contributed by atoms with Crippen LogP contribution in [0.25, 0.3) is 6.08 Å². The number of rotatable bonds is 2. The van der Waals surface area contributed by atoms with Crippen LogP contribution in [-0.4, -0.2) is 11.9 Å². The maximum Gasteiger partial charge on any atom is 0.363 e. The van der Waals surface area contributed by atoms with Crippen LogP contribution in [0, 0.1) is 11.3 Å². The van der Waals surface area contributed by atoms with Crippen LogP contribution in [-0.2, 0) is 9.53 Å². The molecule has 0 radical (unpaired) electrons. The molecule has 0 aliphatic carbocycles. The first kappa shape index (κ1) is 15.3. The van der Waals surface area contributed by atoms with Gasteiger partial charge in [-0.2, -0.15) is 5.26 Å². The maximum absolute atomic E-state index is 11.9. The molecule has 0 aromatic heterocycles. The largest absolute Gasteiger partial charge is 0.402 e. The molecule has 0 spiro atoms. The van der Waals surface area contributed by atoms with Gasteiger partial charge in [0.25, 0.3) is 0 Å². The van der Waals surface area contributed by atoms with Crippen LogP contribution >= 0.6 is 23.2 Å². The summed E-state index contributed by atoms with van der Waals surface area (Å²) in [6.45, 7) is 0. The second-order valence-electron chi connectivity index (χ2n) is 4.69. The summed E-state index contributed by atoms with van der Waals surface area (Å²) in [7, 11) is 0. The van der Waals surface area contributed by atoms with Crippen LogP contribution in [0.3, 0.4) is 0 Å². The average molecular weight is 343 g/mol. The van der Waals surface area contributed by atoms with Crippen LogP contribution in [0.4, 0.5) is 0 Å². The number of esters is 1. The summed E-state index contributed by atoms with van der Waals surface area (Å²) in [5.74, 6) is -0.424. The molecule has 23 heavy (non-hydrogen) atoms. The third kappa shape index (κ3) is 3.26. The van der Waals surface area contributed by atoms with Crippen molar-refractivity contribution in [3.05, 3.63) is 74.9 Å². The zero-order valence-electron chi connectivity index (χ0n) is 11.6. The zero-order valence-corrected chi connectivity index (χ0v) is 13.1. The summed E-state index contributed by atoms with van der Waals surface area (Å²) < 4.78 is 5.16. The highest BCUT2D eigenvalue weighted by atomic mass is 35.5. The molecule has 0 N–H and O–H groups in total. The van der Waals surface area contributed by atoms with E-state index in [4.69, 9.17) is 33.2 Å². The molecule has 0 unspecified atom stereocenters. The second kappa shape index (κ2) is 6.25. The number of halogens is 2. The number of carbonyl (C=O) groups is 1. The molecule has 1 heterocycles. The van der Waals surface area contributed by atoms with E-state index < -0.39 is 5.97 Å². The summed E-state index contributed by atoms with van der Waals surface area (Å²) >= 11 is 11.9. The summed E-state index contributed by atoms with van der Waals surface area (Å²) in [4.78, 5) is 16.1. The van der Waals surface area contributed by atoms with Gasteiger partial charge in [0.05, 0.1) is 22.2 Å². The Kier molecular flexibility index (Phi) is 4.16. The number of carbonyl (C=O) groups excluding carboxylic acids is 1. The second-order valence-corrected chi connectivity index (χ2v) is 5.54. The van der Waals surface area contributed by atoms with Crippen molar-refractivity contribution >= 4 is 41.1 Å². The third-order valence-corrected chi connectivity index (χ3v) is 3.67. The van der Waals surface area contributed by atoms with Crippen molar-refractivity contribution in [1.29, 1.82) is 5.26 Å². The Balaban J connectivity index is 1.94. The molecular formula is C17H8Cl2N2O2. The molecule has 0 amide bonds.